The molecule has 0 saturated carbocycles. The Morgan fingerprint density at radius 1 is 0.564 bits per heavy atom. The lowest BCUT2D eigenvalue weighted by molar-refractivity contribution is 0.00578. The summed E-state index contributed by atoms with van der Waals surface area (Å²) in [5, 5.41) is 3.15. The molecule has 224 valence electrons. The fourth-order valence-corrected chi connectivity index (χ4v) is 5.45. The molecule has 0 aromatic heterocycles. The van der Waals surface area contributed by atoms with Gasteiger partial charge in [-0.05, 0) is 83.8 Å². The van der Waals surface area contributed by atoms with E-state index in [1.807, 2.05) is 12.1 Å². The Labute approximate surface area is 263 Å². The van der Waals surface area contributed by atoms with Crippen molar-refractivity contribution in [3.63, 3.8) is 0 Å². The van der Waals surface area contributed by atoms with Crippen LogP contribution in [-0.4, -0.2) is 54.1 Å². The first-order valence-corrected chi connectivity index (χ1v) is 18.2. The molecule has 0 aliphatic carbocycles. The van der Waals surface area contributed by atoms with Crippen LogP contribution >= 0.6 is 47.8 Å². The molecule has 0 radical (unpaired) electrons. The Kier molecular flexibility index (Phi) is 17.4. The average molecular weight is 741 g/mol. The molecule has 9 heteroatoms. The van der Waals surface area contributed by atoms with E-state index in [0.29, 0.717) is 25.6 Å². The van der Waals surface area contributed by atoms with Crippen LogP contribution in [0.3, 0.4) is 0 Å². The number of hydrogen-bond acceptors (Lipinski definition) is 5. The van der Waals surface area contributed by atoms with Crippen molar-refractivity contribution in [1.29, 1.82) is 0 Å². The highest BCUT2D eigenvalue weighted by Gasteiger charge is 2.52. The molecule has 0 amide bonds. The van der Waals surface area contributed by atoms with Crippen LogP contribution in [0.4, 0.5) is 0 Å². The second-order valence-electron chi connectivity index (χ2n) is 11.3. The summed E-state index contributed by atoms with van der Waals surface area (Å²) in [5.74, 6) is 2.14. The van der Waals surface area contributed by atoms with Crippen molar-refractivity contribution in [3.8, 4) is 17.2 Å². The van der Waals surface area contributed by atoms with Crippen LogP contribution in [0.1, 0.15) is 105 Å². The predicted molar refractivity (Wildman–Crippen MR) is 175 cm³/mol. The Bertz CT molecular complexity index is 756. The molecule has 1 heterocycles. The van der Waals surface area contributed by atoms with Crippen LogP contribution in [0.2, 0.25) is 0 Å². The fraction of sp³-hybridized carbons (Fsp3) is 0.800. The number of unbranched alkanes of at least 4 members (excludes halogenated alkanes) is 9. The molecule has 1 aliphatic heterocycles. The van der Waals surface area contributed by atoms with Gasteiger partial charge in [-0.3, -0.25) is 0 Å². The van der Waals surface area contributed by atoms with Crippen LogP contribution in [0.15, 0.2) is 12.1 Å². The van der Waals surface area contributed by atoms with E-state index in [4.69, 9.17) is 23.5 Å². The minimum atomic E-state index is -0.490. The highest BCUT2D eigenvalue weighted by Crippen LogP contribution is 2.40. The molecule has 1 fully saturated rings. The van der Waals surface area contributed by atoms with Gasteiger partial charge in [-0.2, -0.15) is 0 Å². The molecule has 39 heavy (non-hydrogen) atoms. The largest absolute Gasteiger partial charge is 0.495 e. The Hall–Kier alpha value is 0.0449. The standard InChI is InChI=1S/C30H50BBr3O5/c1-29(2)30(3,4)39-31(38-29)25-23-26(35-20-14-8-5-11-17-32)28(37-22-16-10-7-13-19-34)27(24-25)36-21-15-9-6-12-18-33/h23-24H,5-22H2,1-4H3. The molecular formula is C30H50BBr3O5. The van der Waals surface area contributed by atoms with Crippen molar-refractivity contribution in [3.05, 3.63) is 12.1 Å². The van der Waals surface area contributed by atoms with E-state index in [0.717, 1.165) is 71.5 Å². The van der Waals surface area contributed by atoms with E-state index in [9.17, 15) is 0 Å². The molecule has 1 aliphatic rings. The zero-order valence-electron chi connectivity index (χ0n) is 24.6. The summed E-state index contributed by atoms with van der Waals surface area (Å²) in [7, 11) is -0.490. The Balaban J connectivity index is 2.24. The van der Waals surface area contributed by atoms with E-state index >= 15 is 0 Å². The zero-order chi connectivity index (χ0) is 28.6. The van der Waals surface area contributed by atoms with Gasteiger partial charge in [0, 0.05) is 16.0 Å². The van der Waals surface area contributed by atoms with Crippen molar-refractivity contribution in [1.82, 2.24) is 0 Å². The summed E-state index contributed by atoms with van der Waals surface area (Å²) in [6, 6.07) is 4.06. The van der Waals surface area contributed by atoms with Crippen LogP contribution in [-0.2, 0) is 9.31 Å². The molecule has 1 aromatic carbocycles. The maximum atomic E-state index is 6.39. The lowest BCUT2D eigenvalue weighted by atomic mass is 9.78. The van der Waals surface area contributed by atoms with Gasteiger partial charge in [0.25, 0.3) is 0 Å². The Morgan fingerprint density at radius 3 is 1.31 bits per heavy atom. The van der Waals surface area contributed by atoms with Gasteiger partial charge in [-0.1, -0.05) is 86.3 Å². The summed E-state index contributed by atoms with van der Waals surface area (Å²) in [4.78, 5) is 0. The highest BCUT2D eigenvalue weighted by molar-refractivity contribution is 9.09. The maximum absolute atomic E-state index is 6.39. The molecule has 0 atom stereocenters. The van der Waals surface area contributed by atoms with E-state index in [-0.39, 0.29) is 0 Å². The van der Waals surface area contributed by atoms with Crippen molar-refractivity contribution in [2.45, 2.75) is 116 Å². The van der Waals surface area contributed by atoms with E-state index in [2.05, 4.69) is 75.5 Å². The first kappa shape index (κ1) is 35.2. The fourth-order valence-electron chi connectivity index (χ4n) is 4.26. The molecular weight excluding hydrogens is 691 g/mol. The van der Waals surface area contributed by atoms with Crippen LogP contribution in [0.25, 0.3) is 0 Å². The van der Waals surface area contributed by atoms with Gasteiger partial charge < -0.3 is 23.5 Å². The molecule has 0 N–H and O–H groups in total. The lowest BCUT2D eigenvalue weighted by Gasteiger charge is -2.32. The van der Waals surface area contributed by atoms with E-state index in [1.165, 1.54) is 38.5 Å². The normalized spacial score (nSPS) is 16.0. The molecule has 0 spiro atoms. The third-order valence-corrected chi connectivity index (χ3v) is 9.10. The lowest BCUT2D eigenvalue weighted by Crippen LogP contribution is -2.41. The van der Waals surface area contributed by atoms with Gasteiger partial charge in [-0.15, -0.1) is 0 Å². The molecule has 1 aromatic rings. The van der Waals surface area contributed by atoms with Gasteiger partial charge in [0.2, 0.25) is 5.75 Å². The first-order valence-electron chi connectivity index (χ1n) is 14.9. The molecule has 0 unspecified atom stereocenters. The SMILES string of the molecule is CC1(C)OB(c2cc(OCCCCCCBr)c(OCCCCCCBr)c(OCCCCCCBr)c2)OC1(C)C. The summed E-state index contributed by atoms with van der Waals surface area (Å²) < 4.78 is 31.9. The molecule has 5 nitrogen and oxygen atoms in total. The monoisotopic (exact) mass is 738 g/mol. The second kappa shape index (κ2) is 19.3. The molecule has 0 bridgehead atoms. The van der Waals surface area contributed by atoms with E-state index < -0.39 is 18.3 Å². The summed E-state index contributed by atoms with van der Waals surface area (Å²) >= 11 is 10.6. The van der Waals surface area contributed by atoms with Gasteiger partial charge in [0.15, 0.2) is 11.5 Å². The van der Waals surface area contributed by atoms with Crippen molar-refractivity contribution < 1.29 is 23.5 Å². The second-order valence-corrected chi connectivity index (χ2v) is 13.7. The minimum Gasteiger partial charge on any atom is -0.490 e. The van der Waals surface area contributed by atoms with Crippen molar-refractivity contribution in [2.24, 2.45) is 0 Å². The third kappa shape index (κ3) is 12.4. The maximum Gasteiger partial charge on any atom is 0.495 e. The number of benzene rings is 1. The third-order valence-electron chi connectivity index (χ3n) is 7.41. The van der Waals surface area contributed by atoms with Gasteiger partial charge in [-0.25, -0.2) is 0 Å². The van der Waals surface area contributed by atoms with Gasteiger partial charge >= 0.3 is 7.12 Å². The average Bonchev–Trinajstić information content (AvgIpc) is 3.12. The quantitative estimate of drug-likeness (QED) is 0.0675. The van der Waals surface area contributed by atoms with Crippen LogP contribution in [0.5, 0.6) is 17.2 Å². The zero-order valence-corrected chi connectivity index (χ0v) is 29.4. The number of hydrogen-bond donors (Lipinski definition) is 0. The summed E-state index contributed by atoms with van der Waals surface area (Å²) in [6.07, 6.45) is 13.6. The number of ether oxygens (including phenoxy) is 3. The van der Waals surface area contributed by atoms with Gasteiger partial charge in [0.05, 0.1) is 31.0 Å². The van der Waals surface area contributed by atoms with E-state index in [1.54, 1.807) is 0 Å². The van der Waals surface area contributed by atoms with Crippen LogP contribution in [0, 0.1) is 0 Å². The minimum absolute atomic E-state index is 0.422. The van der Waals surface area contributed by atoms with Crippen molar-refractivity contribution >= 4 is 60.4 Å². The number of halogens is 3. The van der Waals surface area contributed by atoms with Crippen LogP contribution < -0.4 is 19.7 Å². The number of alkyl halides is 3. The highest BCUT2D eigenvalue weighted by atomic mass is 79.9. The first-order chi connectivity index (χ1) is 18.8. The molecule has 1 saturated heterocycles. The molecule has 2 rings (SSSR count). The summed E-state index contributed by atoms with van der Waals surface area (Å²) in [5.41, 5.74) is 0.0610. The number of rotatable bonds is 22. The Morgan fingerprint density at radius 2 is 0.923 bits per heavy atom. The predicted octanol–water partition coefficient (Wildman–Crippen LogP) is 8.99. The topological polar surface area (TPSA) is 46.2 Å². The van der Waals surface area contributed by atoms with Gasteiger partial charge in [0.1, 0.15) is 0 Å². The smallest absolute Gasteiger partial charge is 0.490 e. The summed E-state index contributed by atoms with van der Waals surface area (Å²) in [6.45, 7) is 10.2. The van der Waals surface area contributed by atoms with Crippen molar-refractivity contribution in [2.75, 3.05) is 35.8 Å².